The van der Waals surface area contributed by atoms with Crippen LogP contribution >= 0.6 is 0 Å². The van der Waals surface area contributed by atoms with E-state index in [1.54, 1.807) is 38.1 Å². The number of nitrogens with one attached hydrogen (secondary N) is 1. The Bertz CT molecular complexity index is 883. The van der Waals surface area contributed by atoms with Crippen LogP contribution in [0.2, 0.25) is 0 Å². The fraction of sp³-hybridized carbons (Fsp3) is 0.333. The molecule has 1 atom stereocenters. The fourth-order valence-corrected chi connectivity index (χ4v) is 3.26. The number of carbonyl (C=O) groups excluding carboxylic acids is 1. The topological polar surface area (TPSA) is 56.1 Å². The van der Waals surface area contributed by atoms with Gasteiger partial charge >= 0.3 is 6.18 Å². The maximum absolute atomic E-state index is 13.9. The summed E-state index contributed by atoms with van der Waals surface area (Å²) in [4.78, 5) is 11.7. The van der Waals surface area contributed by atoms with Crippen LogP contribution in [0.15, 0.2) is 36.4 Å². The van der Waals surface area contributed by atoms with Crippen molar-refractivity contribution >= 4 is 16.7 Å². The molecule has 7 heteroatoms. The molecule has 4 nitrogen and oxygen atoms in total. The molecule has 25 heavy (non-hydrogen) atoms. The molecule has 0 aliphatic carbocycles. The normalized spacial score (nSPS) is 18.8. The van der Waals surface area contributed by atoms with E-state index >= 15 is 0 Å². The van der Waals surface area contributed by atoms with Crippen LogP contribution in [0, 0.1) is 11.3 Å². The Labute approximate surface area is 142 Å². The first kappa shape index (κ1) is 17.2. The molecule has 2 aromatic carbocycles. The Morgan fingerprint density at radius 3 is 2.56 bits per heavy atom. The second-order valence-electron chi connectivity index (χ2n) is 6.74. The number of hydrazine groups is 1. The summed E-state index contributed by atoms with van der Waals surface area (Å²) in [6.45, 7) is 3.18. The number of hydrogen-bond acceptors (Lipinski definition) is 3. The second-order valence-corrected chi connectivity index (χ2v) is 6.74. The minimum atomic E-state index is -4.59. The molecule has 0 spiro atoms. The Morgan fingerprint density at radius 1 is 1.28 bits per heavy atom. The van der Waals surface area contributed by atoms with Crippen molar-refractivity contribution in [3.63, 3.8) is 0 Å². The minimum Gasteiger partial charge on any atom is -0.287 e. The Balaban J connectivity index is 2.17. The van der Waals surface area contributed by atoms with Crippen LogP contribution in [0.1, 0.15) is 37.4 Å². The molecule has 0 bridgehead atoms. The first-order valence-corrected chi connectivity index (χ1v) is 7.72. The number of hydrogen-bond donors (Lipinski definition) is 1. The van der Waals surface area contributed by atoms with Gasteiger partial charge in [-0.15, -0.1) is 0 Å². The molecule has 1 aliphatic rings. The van der Waals surface area contributed by atoms with Gasteiger partial charge in [-0.2, -0.15) is 23.4 Å². The predicted molar refractivity (Wildman–Crippen MR) is 86.1 cm³/mol. The lowest BCUT2D eigenvalue weighted by atomic mass is 9.94. The number of alkyl halides is 3. The average molecular weight is 347 g/mol. The van der Waals surface area contributed by atoms with E-state index in [-0.39, 0.29) is 12.0 Å². The van der Waals surface area contributed by atoms with E-state index in [1.807, 2.05) is 6.07 Å². The molecule has 1 heterocycles. The van der Waals surface area contributed by atoms with Crippen molar-refractivity contribution in [3.05, 3.63) is 47.5 Å². The molecule has 1 amide bonds. The monoisotopic (exact) mass is 347 g/mol. The van der Waals surface area contributed by atoms with Crippen molar-refractivity contribution in [2.24, 2.45) is 0 Å². The van der Waals surface area contributed by atoms with Crippen molar-refractivity contribution < 1.29 is 18.0 Å². The van der Waals surface area contributed by atoms with Gasteiger partial charge in [0.2, 0.25) is 5.91 Å². The summed E-state index contributed by atoms with van der Waals surface area (Å²) >= 11 is 0. The van der Waals surface area contributed by atoms with E-state index in [4.69, 9.17) is 0 Å². The molecule has 1 saturated heterocycles. The highest BCUT2D eigenvalue weighted by molar-refractivity contribution is 5.88. The van der Waals surface area contributed by atoms with Gasteiger partial charge in [-0.05, 0) is 42.3 Å². The molecular weight excluding hydrogens is 331 g/mol. The summed E-state index contributed by atoms with van der Waals surface area (Å²) < 4.78 is 41.6. The number of amides is 1. The summed E-state index contributed by atoms with van der Waals surface area (Å²) in [5.74, 6) is -0.447. The standard InChI is InChI=1S/C18H16F3N3O/c1-17(2)9-15(25)23-24(17)16(18(19,20)21)12-7-6-11-4-3-5-13(10-22)14(11)8-12/h3-8,16H,9H2,1-2H3,(H,23,25). The van der Waals surface area contributed by atoms with Crippen LogP contribution < -0.4 is 5.43 Å². The van der Waals surface area contributed by atoms with Crippen LogP contribution in [0.4, 0.5) is 13.2 Å². The van der Waals surface area contributed by atoms with E-state index in [9.17, 15) is 23.2 Å². The number of halogens is 3. The number of carbonyl (C=O) groups is 1. The first-order chi connectivity index (χ1) is 11.6. The quantitative estimate of drug-likeness (QED) is 0.898. The van der Waals surface area contributed by atoms with E-state index in [2.05, 4.69) is 5.43 Å². The van der Waals surface area contributed by atoms with E-state index in [0.717, 1.165) is 5.01 Å². The Morgan fingerprint density at radius 2 is 2.00 bits per heavy atom. The van der Waals surface area contributed by atoms with Gasteiger partial charge in [0.15, 0.2) is 6.04 Å². The highest BCUT2D eigenvalue weighted by atomic mass is 19.4. The fourth-order valence-electron chi connectivity index (χ4n) is 3.26. The lowest BCUT2D eigenvalue weighted by Gasteiger charge is -2.38. The largest absolute Gasteiger partial charge is 0.409 e. The number of benzene rings is 2. The maximum atomic E-state index is 13.9. The zero-order valence-corrected chi connectivity index (χ0v) is 13.7. The number of nitrogens with zero attached hydrogens (tertiary/aromatic N) is 2. The summed E-state index contributed by atoms with van der Waals surface area (Å²) in [6.07, 6.45) is -4.61. The molecule has 3 rings (SSSR count). The summed E-state index contributed by atoms with van der Waals surface area (Å²) in [6, 6.07) is 9.34. The van der Waals surface area contributed by atoms with Gasteiger partial charge in [-0.25, -0.2) is 0 Å². The second kappa shape index (κ2) is 5.74. The molecule has 0 saturated carbocycles. The van der Waals surface area contributed by atoms with Gasteiger partial charge in [0.25, 0.3) is 0 Å². The van der Waals surface area contributed by atoms with Gasteiger partial charge in [0.1, 0.15) is 0 Å². The third-order valence-electron chi connectivity index (χ3n) is 4.40. The van der Waals surface area contributed by atoms with Crippen molar-refractivity contribution in [3.8, 4) is 6.07 Å². The molecule has 1 N–H and O–H groups in total. The molecule has 2 aromatic rings. The highest BCUT2D eigenvalue weighted by Crippen LogP contribution is 2.43. The van der Waals surface area contributed by atoms with Gasteiger partial charge in [0, 0.05) is 12.0 Å². The van der Waals surface area contributed by atoms with Gasteiger partial charge in [-0.1, -0.05) is 24.3 Å². The third kappa shape index (κ3) is 3.05. The molecule has 130 valence electrons. The zero-order valence-electron chi connectivity index (χ0n) is 13.7. The number of rotatable bonds is 2. The Hall–Kier alpha value is -2.59. The SMILES string of the molecule is CC1(C)CC(=O)NN1C(c1ccc2cccc(C#N)c2c1)C(F)(F)F. The van der Waals surface area contributed by atoms with E-state index < -0.39 is 23.7 Å². The molecule has 1 unspecified atom stereocenters. The molecule has 1 fully saturated rings. The summed E-state index contributed by atoms with van der Waals surface area (Å²) in [7, 11) is 0. The molecule has 0 radical (unpaired) electrons. The van der Waals surface area contributed by atoms with Crippen LogP contribution in [-0.2, 0) is 4.79 Å². The van der Waals surface area contributed by atoms with Crippen molar-refractivity contribution in [2.45, 2.75) is 38.0 Å². The predicted octanol–water partition coefficient (Wildman–Crippen LogP) is 3.83. The number of nitriles is 1. The van der Waals surface area contributed by atoms with E-state index in [1.165, 1.54) is 12.1 Å². The maximum Gasteiger partial charge on any atom is 0.409 e. The Kier molecular flexibility index (Phi) is 3.96. The first-order valence-electron chi connectivity index (χ1n) is 7.72. The van der Waals surface area contributed by atoms with Gasteiger partial charge < -0.3 is 0 Å². The summed E-state index contributed by atoms with van der Waals surface area (Å²) in [5, 5.41) is 11.3. The molecule has 1 aliphatic heterocycles. The van der Waals surface area contributed by atoms with Crippen LogP contribution in [0.3, 0.4) is 0 Å². The molecular formula is C18H16F3N3O. The van der Waals surface area contributed by atoms with Crippen molar-refractivity contribution in [1.29, 1.82) is 5.26 Å². The minimum absolute atomic E-state index is 0.0158. The molecule has 0 aromatic heterocycles. The number of fused-ring (bicyclic) bond motifs is 1. The average Bonchev–Trinajstić information content (AvgIpc) is 2.77. The lowest BCUT2D eigenvalue weighted by molar-refractivity contribution is -0.203. The van der Waals surface area contributed by atoms with Crippen molar-refractivity contribution in [2.75, 3.05) is 0 Å². The van der Waals surface area contributed by atoms with Crippen LogP contribution in [-0.4, -0.2) is 22.6 Å². The van der Waals surface area contributed by atoms with Gasteiger partial charge in [0.05, 0.1) is 11.6 Å². The highest BCUT2D eigenvalue weighted by Gasteiger charge is 2.52. The third-order valence-corrected chi connectivity index (χ3v) is 4.40. The smallest absolute Gasteiger partial charge is 0.287 e. The van der Waals surface area contributed by atoms with Crippen LogP contribution in [0.25, 0.3) is 10.8 Å². The van der Waals surface area contributed by atoms with Gasteiger partial charge in [-0.3, -0.25) is 10.2 Å². The van der Waals surface area contributed by atoms with E-state index in [0.29, 0.717) is 16.3 Å². The van der Waals surface area contributed by atoms with Crippen LogP contribution in [0.5, 0.6) is 0 Å². The summed E-state index contributed by atoms with van der Waals surface area (Å²) in [5.41, 5.74) is 1.64. The lowest BCUT2D eigenvalue weighted by Crippen LogP contribution is -2.51. The zero-order chi connectivity index (χ0) is 18.4. The van der Waals surface area contributed by atoms with Crippen molar-refractivity contribution in [1.82, 2.24) is 10.4 Å².